The van der Waals surface area contributed by atoms with E-state index in [4.69, 9.17) is 10.9 Å². The number of fused-ring (bicyclic) bond motifs is 3. The average molecular weight is 198 g/mol. The van der Waals surface area contributed by atoms with Gasteiger partial charge in [-0.3, -0.25) is 0 Å². The molecule has 3 fully saturated rings. The largest absolute Gasteiger partial charge is 0.408 e. The SMILES string of the molecule is CN(/C(N)=N/O)C1CN2CCC1CC2. The molecule has 3 aliphatic rings. The second-order valence-electron chi connectivity index (χ2n) is 4.27. The van der Waals surface area contributed by atoms with Crippen LogP contribution < -0.4 is 5.73 Å². The zero-order valence-electron chi connectivity index (χ0n) is 8.56. The van der Waals surface area contributed by atoms with Gasteiger partial charge in [0.15, 0.2) is 0 Å². The number of likely N-dealkylation sites (N-methyl/N-ethyl adjacent to an activating group) is 1. The van der Waals surface area contributed by atoms with E-state index in [1.54, 1.807) is 0 Å². The molecule has 5 nitrogen and oxygen atoms in total. The van der Waals surface area contributed by atoms with Crippen LogP contribution in [0.5, 0.6) is 0 Å². The van der Waals surface area contributed by atoms with Gasteiger partial charge in [0, 0.05) is 19.6 Å². The second kappa shape index (κ2) is 3.65. The van der Waals surface area contributed by atoms with Crippen LogP contribution in [0.4, 0.5) is 0 Å². The van der Waals surface area contributed by atoms with Gasteiger partial charge in [-0.25, -0.2) is 0 Å². The minimum Gasteiger partial charge on any atom is -0.408 e. The summed E-state index contributed by atoms with van der Waals surface area (Å²) in [6, 6.07) is 0.424. The Bertz CT molecular complexity index is 235. The number of oxime groups is 1. The van der Waals surface area contributed by atoms with Crippen LogP contribution in [0, 0.1) is 5.92 Å². The molecule has 2 bridgehead atoms. The Morgan fingerprint density at radius 1 is 1.50 bits per heavy atom. The van der Waals surface area contributed by atoms with Crippen LogP contribution in [-0.4, -0.2) is 53.7 Å². The van der Waals surface area contributed by atoms with E-state index in [0.29, 0.717) is 12.0 Å². The maximum absolute atomic E-state index is 8.61. The van der Waals surface area contributed by atoms with Crippen LogP contribution in [0.2, 0.25) is 0 Å². The molecular weight excluding hydrogens is 180 g/mol. The van der Waals surface area contributed by atoms with Crippen LogP contribution in [0.25, 0.3) is 0 Å². The molecule has 0 amide bonds. The quantitative estimate of drug-likeness (QED) is 0.263. The van der Waals surface area contributed by atoms with E-state index < -0.39 is 0 Å². The van der Waals surface area contributed by atoms with Crippen molar-refractivity contribution in [2.45, 2.75) is 18.9 Å². The first-order valence-corrected chi connectivity index (χ1v) is 5.15. The monoisotopic (exact) mass is 198 g/mol. The van der Waals surface area contributed by atoms with Crippen molar-refractivity contribution in [3.8, 4) is 0 Å². The van der Waals surface area contributed by atoms with Crippen molar-refractivity contribution in [2.75, 3.05) is 26.7 Å². The van der Waals surface area contributed by atoms with Crippen LogP contribution >= 0.6 is 0 Å². The highest BCUT2D eigenvalue weighted by Gasteiger charge is 2.36. The fourth-order valence-electron chi connectivity index (χ4n) is 2.61. The molecular formula is C9H18N4O. The lowest BCUT2D eigenvalue weighted by Gasteiger charge is -2.48. The predicted molar refractivity (Wildman–Crippen MR) is 54.1 cm³/mol. The predicted octanol–water partition coefficient (Wildman–Crippen LogP) is -0.284. The lowest BCUT2D eigenvalue weighted by molar-refractivity contribution is 0.0406. The van der Waals surface area contributed by atoms with Crippen molar-refractivity contribution in [3.05, 3.63) is 0 Å². The van der Waals surface area contributed by atoms with Crippen LogP contribution in [0.15, 0.2) is 5.16 Å². The van der Waals surface area contributed by atoms with Gasteiger partial charge in [-0.2, -0.15) is 0 Å². The standard InChI is InChI=1S/C9H18N4O/c1-12(9(10)11-14)8-6-13-4-2-7(8)3-5-13/h7-8,14H,2-6H2,1H3,(H2,10,11). The molecule has 0 aromatic heterocycles. The maximum atomic E-state index is 8.61. The molecule has 1 unspecified atom stereocenters. The van der Waals surface area contributed by atoms with Crippen LogP contribution in [-0.2, 0) is 0 Å². The van der Waals surface area contributed by atoms with Crippen molar-refractivity contribution >= 4 is 5.96 Å². The highest BCUT2D eigenvalue weighted by molar-refractivity contribution is 5.77. The zero-order valence-corrected chi connectivity index (χ0v) is 8.56. The molecule has 80 valence electrons. The topological polar surface area (TPSA) is 65.1 Å². The summed E-state index contributed by atoms with van der Waals surface area (Å²) in [7, 11) is 1.90. The van der Waals surface area contributed by atoms with Gasteiger partial charge in [0.25, 0.3) is 0 Å². The Balaban J connectivity index is 2.04. The van der Waals surface area contributed by atoms with Gasteiger partial charge in [-0.05, 0) is 31.8 Å². The molecule has 0 saturated carbocycles. The van der Waals surface area contributed by atoms with Crippen molar-refractivity contribution in [3.63, 3.8) is 0 Å². The first kappa shape index (κ1) is 9.58. The zero-order chi connectivity index (χ0) is 10.1. The maximum Gasteiger partial charge on any atom is 0.233 e. The van der Waals surface area contributed by atoms with Gasteiger partial charge >= 0.3 is 0 Å². The van der Waals surface area contributed by atoms with E-state index in [9.17, 15) is 0 Å². The molecule has 3 saturated heterocycles. The minimum absolute atomic E-state index is 0.226. The Morgan fingerprint density at radius 3 is 2.57 bits per heavy atom. The normalized spacial score (nSPS) is 37.2. The van der Waals surface area contributed by atoms with E-state index >= 15 is 0 Å². The number of nitrogens with two attached hydrogens (primary N) is 1. The minimum atomic E-state index is 0.226. The Kier molecular flexibility index (Phi) is 2.50. The van der Waals surface area contributed by atoms with Gasteiger partial charge in [0.2, 0.25) is 5.96 Å². The third-order valence-corrected chi connectivity index (χ3v) is 3.58. The van der Waals surface area contributed by atoms with Crippen molar-refractivity contribution in [2.24, 2.45) is 16.8 Å². The molecule has 1 atom stereocenters. The van der Waals surface area contributed by atoms with Gasteiger partial charge in [-0.15, -0.1) is 0 Å². The Morgan fingerprint density at radius 2 is 2.14 bits per heavy atom. The fourth-order valence-corrected chi connectivity index (χ4v) is 2.61. The summed E-state index contributed by atoms with van der Waals surface area (Å²) < 4.78 is 0. The smallest absolute Gasteiger partial charge is 0.233 e. The number of piperidine rings is 3. The number of hydrogen-bond donors (Lipinski definition) is 2. The highest BCUT2D eigenvalue weighted by atomic mass is 16.4. The summed E-state index contributed by atoms with van der Waals surface area (Å²) in [5.41, 5.74) is 5.59. The molecule has 3 aliphatic heterocycles. The molecule has 0 aromatic carbocycles. The highest BCUT2D eigenvalue weighted by Crippen LogP contribution is 2.30. The molecule has 0 aliphatic carbocycles. The van der Waals surface area contributed by atoms with Crippen molar-refractivity contribution in [1.29, 1.82) is 0 Å². The van der Waals surface area contributed by atoms with Crippen molar-refractivity contribution in [1.82, 2.24) is 9.80 Å². The van der Waals surface area contributed by atoms with Gasteiger partial charge in [-0.1, -0.05) is 5.16 Å². The first-order valence-electron chi connectivity index (χ1n) is 5.15. The number of hydrogen-bond acceptors (Lipinski definition) is 3. The first-order chi connectivity index (χ1) is 6.72. The van der Waals surface area contributed by atoms with E-state index in [1.807, 2.05) is 11.9 Å². The summed E-state index contributed by atoms with van der Waals surface area (Å²) in [6.07, 6.45) is 2.49. The van der Waals surface area contributed by atoms with Gasteiger partial charge in [0.1, 0.15) is 0 Å². The number of rotatable bonds is 1. The van der Waals surface area contributed by atoms with E-state index in [0.717, 1.165) is 6.54 Å². The van der Waals surface area contributed by atoms with E-state index in [1.165, 1.54) is 25.9 Å². The number of nitrogens with zero attached hydrogens (tertiary/aromatic N) is 3. The Labute approximate surface area is 84.2 Å². The average Bonchev–Trinajstić information content (AvgIpc) is 2.28. The van der Waals surface area contributed by atoms with Crippen LogP contribution in [0.1, 0.15) is 12.8 Å². The van der Waals surface area contributed by atoms with Crippen molar-refractivity contribution < 1.29 is 5.21 Å². The molecule has 0 radical (unpaired) electrons. The summed E-state index contributed by atoms with van der Waals surface area (Å²) in [5, 5.41) is 11.7. The van der Waals surface area contributed by atoms with Gasteiger partial charge < -0.3 is 20.7 Å². The molecule has 3 N–H and O–H groups in total. The van der Waals surface area contributed by atoms with E-state index in [-0.39, 0.29) is 5.96 Å². The summed E-state index contributed by atoms with van der Waals surface area (Å²) >= 11 is 0. The lowest BCUT2D eigenvalue weighted by atomic mass is 9.83. The summed E-state index contributed by atoms with van der Waals surface area (Å²) in [4.78, 5) is 4.35. The molecule has 0 aromatic rings. The third kappa shape index (κ3) is 1.52. The second-order valence-corrected chi connectivity index (χ2v) is 4.27. The number of guanidine groups is 1. The molecule has 3 heterocycles. The summed E-state index contributed by atoms with van der Waals surface area (Å²) in [6.45, 7) is 3.48. The Hall–Kier alpha value is -0.970. The van der Waals surface area contributed by atoms with Crippen LogP contribution in [0.3, 0.4) is 0 Å². The van der Waals surface area contributed by atoms with Gasteiger partial charge in [0.05, 0.1) is 0 Å². The summed E-state index contributed by atoms with van der Waals surface area (Å²) in [5.74, 6) is 0.939. The molecule has 0 spiro atoms. The van der Waals surface area contributed by atoms with E-state index in [2.05, 4.69) is 10.1 Å². The molecule has 5 heteroatoms. The lowest BCUT2D eigenvalue weighted by Crippen LogP contribution is -2.58. The molecule has 14 heavy (non-hydrogen) atoms. The molecule has 3 rings (SSSR count). The fraction of sp³-hybridized carbons (Fsp3) is 0.889. The third-order valence-electron chi connectivity index (χ3n) is 3.58.